The number of nitrogens with two attached hydrogens (primary N) is 1. The van der Waals surface area contributed by atoms with Gasteiger partial charge in [-0.3, -0.25) is 9.59 Å². The first kappa shape index (κ1) is 15.6. The minimum absolute atomic E-state index is 0.176. The van der Waals surface area contributed by atoms with E-state index in [0.717, 1.165) is 0 Å². The highest BCUT2D eigenvalue weighted by molar-refractivity contribution is 5.92. The van der Waals surface area contributed by atoms with E-state index < -0.39 is 11.8 Å². The second kappa shape index (κ2) is 6.39. The van der Waals surface area contributed by atoms with Gasteiger partial charge in [0.15, 0.2) is 0 Å². The van der Waals surface area contributed by atoms with Crippen LogP contribution >= 0.6 is 0 Å². The van der Waals surface area contributed by atoms with Crippen LogP contribution in [0.3, 0.4) is 0 Å². The van der Waals surface area contributed by atoms with Gasteiger partial charge in [-0.05, 0) is 34.1 Å². The molecule has 0 aromatic rings. The van der Waals surface area contributed by atoms with Crippen molar-refractivity contribution in [3.05, 3.63) is 12.2 Å². The molecule has 5 heteroatoms. The second-order valence-electron chi connectivity index (χ2n) is 4.99. The largest absolute Gasteiger partial charge is 0.460 e. The molecular formula is C12H22N2O3. The molecule has 0 aliphatic rings. The Balaban J connectivity index is 3.92. The Bertz CT molecular complexity index is 305. The van der Waals surface area contributed by atoms with Gasteiger partial charge >= 0.3 is 5.97 Å². The quantitative estimate of drug-likeness (QED) is 0.429. The lowest BCUT2D eigenvalue weighted by Crippen LogP contribution is -2.42. The van der Waals surface area contributed by atoms with E-state index in [2.05, 4.69) is 11.9 Å². The van der Waals surface area contributed by atoms with Gasteiger partial charge in [0.05, 0.1) is 6.17 Å². The molecule has 17 heavy (non-hydrogen) atoms. The molecule has 1 unspecified atom stereocenters. The van der Waals surface area contributed by atoms with Crippen molar-refractivity contribution in [3.63, 3.8) is 0 Å². The minimum atomic E-state index is -0.563. The number of ether oxygens (including phenoxy) is 1. The zero-order chi connectivity index (χ0) is 13.6. The smallest absolute Gasteiger partial charge is 0.306 e. The Morgan fingerprint density at radius 2 is 1.94 bits per heavy atom. The topological polar surface area (TPSA) is 81.4 Å². The van der Waals surface area contributed by atoms with Crippen LogP contribution in [0.5, 0.6) is 0 Å². The van der Waals surface area contributed by atoms with Gasteiger partial charge in [-0.1, -0.05) is 6.58 Å². The fraction of sp³-hybridized carbons (Fsp3) is 0.667. The molecule has 3 N–H and O–H groups in total. The van der Waals surface area contributed by atoms with Crippen molar-refractivity contribution in [3.8, 4) is 0 Å². The summed E-state index contributed by atoms with van der Waals surface area (Å²) in [4.78, 5) is 22.6. The van der Waals surface area contributed by atoms with Crippen LogP contribution < -0.4 is 11.1 Å². The normalized spacial score (nSPS) is 12.8. The molecule has 0 fully saturated rings. The summed E-state index contributed by atoms with van der Waals surface area (Å²) in [5.74, 6) is -0.626. The van der Waals surface area contributed by atoms with E-state index in [-0.39, 0.29) is 18.3 Å². The fourth-order valence-electron chi connectivity index (χ4n) is 1.03. The highest BCUT2D eigenvalue weighted by atomic mass is 16.6. The van der Waals surface area contributed by atoms with Crippen molar-refractivity contribution in [1.82, 2.24) is 5.32 Å². The van der Waals surface area contributed by atoms with E-state index in [1.165, 1.54) is 0 Å². The summed E-state index contributed by atoms with van der Waals surface area (Å²) in [7, 11) is 0. The zero-order valence-electron chi connectivity index (χ0n) is 11.0. The summed E-state index contributed by atoms with van der Waals surface area (Å²) in [6, 6.07) is 0. The number of carbonyl (C=O) groups is 2. The van der Waals surface area contributed by atoms with Crippen molar-refractivity contribution in [2.45, 2.75) is 52.3 Å². The fourth-order valence-corrected chi connectivity index (χ4v) is 1.03. The van der Waals surface area contributed by atoms with E-state index in [0.29, 0.717) is 12.0 Å². The van der Waals surface area contributed by atoms with Crippen LogP contribution in [0.1, 0.15) is 40.5 Å². The Hall–Kier alpha value is -1.36. The van der Waals surface area contributed by atoms with Gasteiger partial charge in [-0.25, -0.2) is 0 Å². The van der Waals surface area contributed by atoms with Crippen LogP contribution in [0.4, 0.5) is 0 Å². The summed E-state index contributed by atoms with van der Waals surface area (Å²) >= 11 is 0. The number of hydrogen-bond donors (Lipinski definition) is 2. The number of esters is 1. The first-order valence-corrected chi connectivity index (χ1v) is 5.55. The molecule has 5 nitrogen and oxygen atoms in total. The van der Waals surface area contributed by atoms with Crippen molar-refractivity contribution < 1.29 is 14.3 Å². The van der Waals surface area contributed by atoms with Crippen molar-refractivity contribution in [2.24, 2.45) is 5.73 Å². The second-order valence-corrected chi connectivity index (χ2v) is 4.99. The molecule has 98 valence electrons. The van der Waals surface area contributed by atoms with Crippen LogP contribution in [0.25, 0.3) is 0 Å². The lowest BCUT2D eigenvalue weighted by Gasteiger charge is -2.20. The van der Waals surface area contributed by atoms with E-state index in [1.54, 1.807) is 27.7 Å². The average Bonchev–Trinajstić information content (AvgIpc) is 2.11. The summed E-state index contributed by atoms with van der Waals surface area (Å²) in [6.07, 6.45) is -0.0465. The van der Waals surface area contributed by atoms with Crippen LogP contribution in [-0.4, -0.2) is 23.6 Å². The minimum Gasteiger partial charge on any atom is -0.460 e. The van der Waals surface area contributed by atoms with Crippen LogP contribution in [0, 0.1) is 0 Å². The molecular weight excluding hydrogens is 220 g/mol. The van der Waals surface area contributed by atoms with Crippen molar-refractivity contribution >= 4 is 11.9 Å². The number of hydrogen-bond acceptors (Lipinski definition) is 4. The van der Waals surface area contributed by atoms with Gasteiger partial charge in [0, 0.05) is 12.0 Å². The van der Waals surface area contributed by atoms with E-state index in [4.69, 9.17) is 10.5 Å². The van der Waals surface area contributed by atoms with Gasteiger partial charge < -0.3 is 15.8 Å². The molecule has 0 bridgehead atoms. The predicted octanol–water partition coefficient (Wildman–Crippen LogP) is 1.09. The SMILES string of the molecule is C=C(C)C(=O)NC(N)CCC(=O)OC(C)(C)C. The van der Waals surface area contributed by atoms with E-state index in [9.17, 15) is 9.59 Å². The predicted molar refractivity (Wildman–Crippen MR) is 66.0 cm³/mol. The molecule has 1 amide bonds. The zero-order valence-corrected chi connectivity index (χ0v) is 11.0. The van der Waals surface area contributed by atoms with Gasteiger partial charge in [0.25, 0.3) is 0 Å². The summed E-state index contributed by atoms with van der Waals surface area (Å²) in [6.45, 7) is 10.5. The Morgan fingerprint density at radius 3 is 2.35 bits per heavy atom. The van der Waals surface area contributed by atoms with Gasteiger partial charge in [0.2, 0.25) is 5.91 Å². The molecule has 0 rings (SSSR count). The highest BCUT2D eigenvalue weighted by Crippen LogP contribution is 2.09. The highest BCUT2D eigenvalue weighted by Gasteiger charge is 2.17. The first-order chi connectivity index (χ1) is 7.61. The number of nitrogens with one attached hydrogen (secondary N) is 1. The molecule has 0 aliphatic heterocycles. The number of amides is 1. The van der Waals surface area contributed by atoms with Crippen molar-refractivity contribution in [2.75, 3.05) is 0 Å². The maximum atomic E-state index is 11.4. The molecule has 0 aromatic carbocycles. The monoisotopic (exact) mass is 242 g/mol. The molecule has 0 spiro atoms. The molecule has 0 saturated carbocycles. The Labute approximate surface area is 102 Å². The molecule has 0 radical (unpaired) electrons. The summed E-state index contributed by atoms with van der Waals surface area (Å²) in [5.41, 5.74) is 5.53. The van der Waals surface area contributed by atoms with Gasteiger partial charge in [-0.2, -0.15) is 0 Å². The average molecular weight is 242 g/mol. The van der Waals surface area contributed by atoms with Gasteiger partial charge in [-0.15, -0.1) is 0 Å². The number of carbonyl (C=O) groups excluding carboxylic acids is 2. The number of rotatable bonds is 5. The molecule has 0 aromatic heterocycles. The third kappa shape index (κ3) is 8.45. The maximum Gasteiger partial charge on any atom is 0.306 e. The first-order valence-electron chi connectivity index (χ1n) is 5.55. The standard InChI is InChI=1S/C12H22N2O3/c1-8(2)11(16)14-9(13)6-7-10(15)17-12(3,4)5/h9H,1,6-7,13H2,2-5H3,(H,14,16). The lowest BCUT2D eigenvalue weighted by atomic mass is 10.2. The molecule has 0 aliphatic carbocycles. The summed E-state index contributed by atoms with van der Waals surface area (Å²) < 4.78 is 5.12. The van der Waals surface area contributed by atoms with Crippen LogP contribution in [0.2, 0.25) is 0 Å². The third-order valence-corrected chi connectivity index (χ3v) is 1.78. The lowest BCUT2D eigenvalue weighted by molar-refractivity contribution is -0.155. The Morgan fingerprint density at radius 1 is 1.41 bits per heavy atom. The van der Waals surface area contributed by atoms with Gasteiger partial charge in [0.1, 0.15) is 5.60 Å². The van der Waals surface area contributed by atoms with E-state index >= 15 is 0 Å². The van der Waals surface area contributed by atoms with Crippen LogP contribution in [0.15, 0.2) is 12.2 Å². The molecule has 1 atom stereocenters. The van der Waals surface area contributed by atoms with Crippen LogP contribution in [-0.2, 0) is 14.3 Å². The molecule has 0 saturated heterocycles. The Kier molecular flexibility index (Phi) is 5.88. The van der Waals surface area contributed by atoms with Crippen molar-refractivity contribution in [1.29, 1.82) is 0 Å². The maximum absolute atomic E-state index is 11.4. The summed E-state index contributed by atoms with van der Waals surface area (Å²) in [5, 5.41) is 2.53. The molecule has 0 heterocycles. The van der Waals surface area contributed by atoms with E-state index in [1.807, 2.05) is 0 Å². The third-order valence-electron chi connectivity index (χ3n) is 1.78.